The monoisotopic (exact) mass is 535 g/mol. The fraction of sp³-hybridized carbons (Fsp3) is 0.250. The van der Waals surface area contributed by atoms with Crippen LogP contribution in [-0.2, 0) is 7.05 Å². The highest BCUT2D eigenvalue weighted by atomic mass is 35.5. The first-order valence-corrected chi connectivity index (χ1v) is 12.6. The fourth-order valence-corrected chi connectivity index (χ4v) is 5.39. The van der Waals surface area contributed by atoms with Crippen LogP contribution in [0.1, 0.15) is 29.8 Å². The molecule has 2 aromatic heterocycles. The van der Waals surface area contributed by atoms with Crippen molar-refractivity contribution in [2.75, 3.05) is 24.5 Å². The van der Waals surface area contributed by atoms with Gasteiger partial charge in [0.2, 0.25) is 5.82 Å². The predicted octanol–water partition coefficient (Wildman–Crippen LogP) is 5.55. The Morgan fingerprint density at radius 2 is 1.59 bits per heavy atom. The van der Waals surface area contributed by atoms with Crippen molar-refractivity contribution in [3.05, 3.63) is 104 Å². The molecule has 6 nitrogen and oxygen atoms in total. The second-order valence-corrected chi connectivity index (χ2v) is 10.1. The van der Waals surface area contributed by atoms with E-state index in [9.17, 15) is 10.1 Å². The van der Waals surface area contributed by atoms with Gasteiger partial charge in [-0.25, -0.2) is 4.98 Å². The van der Waals surface area contributed by atoms with Crippen LogP contribution in [0.25, 0.3) is 11.0 Å². The largest absolute Gasteiger partial charge is 0.364 e. The van der Waals surface area contributed by atoms with Crippen molar-refractivity contribution in [1.29, 1.82) is 5.26 Å². The topological polar surface area (TPSA) is 65.2 Å². The smallest absolute Gasteiger partial charge is 0.289 e. The molecule has 37 heavy (non-hydrogen) atoms. The summed E-state index contributed by atoms with van der Waals surface area (Å²) >= 11 is 12.3. The number of benzene rings is 2. The first kappa shape index (κ1) is 25.2. The summed E-state index contributed by atoms with van der Waals surface area (Å²) in [5.74, 6) is -0.856. The van der Waals surface area contributed by atoms with Gasteiger partial charge in [-0.1, -0.05) is 47.5 Å². The standard InChI is InChI=1S/C28H24Cl2FN5O/c1-17-16-35(27-24(31)28(37)34(2)23-12-11-22(15-32)33-25(23)27)13-14-36(17)26(18-3-7-20(29)8-4-18)19-5-9-21(30)10-6-19/h3-12,17,26H,13-14,16H2,1-2H3. The van der Waals surface area contributed by atoms with Crippen LogP contribution in [0, 0.1) is 17.1 Å². The Hall–Kier alpha value is -3.44. The average Bonchev–Trinajstić information content (AvgIpc) is 2.90. The fourth-order valence-electron chi connectivity index (χ4n) is 5.13. The van der Waals surface area contributed by atoms with Gasteiger partial charge in [-0.3, -0.25) is 9.69 Å². The summed E-state index contributed by atoms with van der Waals surface area (Å²) in [6, 6.07) is 20.7. The minimum absolute atomic E-state index is 0.0113. The number of nitrogens with zero attached hydrogens (tertiary/aromatic N) is 5. The van der Waals surface area contributed by atoms with Crippen molar-refractivity contribution in [3.63, 3.8) is 0 Å². The van der Waals surface area contributed by atoms with Crippen molar-refractivity contribution >= 4 is 39.9 Å². The highest BCUT2D eigenvalue weighted by Gasteiger charge is 2.34. The Morgan fingerprint density at radius 1 is 1.00 bits per heavy atom. The van der Waals surface area contributed by atoms with Gasteiger partial charge in [0, 0.05) is 42.8 Å². The average molecular weight is 536 g/mol. The summed E-state index contributed by atoms with van der Waals surface area (Å²) < 4.78 is 16.7. The van der Waals surface area contributed by atoms with E-state index in [1.54, 1.807) is 6.07 Å². The Balaban J connectivity index is 1.54. The normalized spacial score (nSPS) is 16.4. The third-order valence-electron chi connectivity index (χ3n) is 6.97. The van der Waals surface area contributed by atoms with Crippen LogP contribution in [0.5, 0.6) is 0 Å². The van der Waals surface area contributed by atoms with Crippen LogP contribution >= 0.6 is 23.2 Å². The van der Waals surface area contributed by atoms with Gasteiger partial charge >= 0.3 is 0 Å². The highest BCUT2D eigenvalue weighted by molar-refractivity contribution is 6.30. The molecule has 0 radical (unpaired) electrons. The minimum atomic E-state index is -0.856. The number of aromatic nitrogens is 2. The molecule has 1 unspecified atom stereocenters. The molecule has 3 heterocycles. The van der Waals surface area contributed by atoms with Crippen molar-refractivity contribution in [2.24, 2.45) is 7.05 Å². The number of fused-ring (bicyclic) bond motifs is 1. The number of hydrogen-bond donors (Lipinski definition) is 0. The number of rotatable bonds is 4. The van der Waals surface area contributed by atoms with Crippen LogP contribution in [0.4, 0.5) is 10.1 Å². The van der Waals surface area contributed by atoms with Crippen LogP contribution in [0.2, 0.25) is 10.0 Å². The molecule has 0 saturated carbocycles. The number of piperazine rings is 1. The summed E-state index contributed by atoms with van der Waals surface area (Å²) in [4.78, 5) is 21.3. The molecular formula is C28H24Cl2FN5O. The molecule has 0 amide bonds. The van der Waals surface area contributed by atoms with Gasteiger partial charge in [0.15, 0.2) is 0 Å². The SMILES string of the molecule is CC1CN(c2c(F)c(=O)n(C)c3ccc(C#N)nc23)CCN1C(c1ccc(Cl)cc1)c1ccc(Cl)cc1. The maximum Gasteiger partial charge on any atom is 0.289 e. The Bertz CT molecular complexity index is 1520. The number of hydrogen-bond acceptors (Lipinski definition) is 5. The first-order chi connectivity index (χ1) is 17.8. The molecule has 1 fully saturated rings. The Morgan fingerprint density at radius 3 is 2.14 bits per heavy atom. The Kier molecular flexibility index (Phi) is 6.91. The maximum atomic E-state index is 15.5. The lowest BCUT2D eigenvalue weighted by Gasteiger charge is -2.45. The van der Waals surface area contributed by atoms with E-state index >= 15 is 4.39 Å². The number of anilines is 1. The predicted molar refractivity (Wildman–Crippen MR) is 145 cm³/mol. The van der Waals surface area contributed by atoms with Crippen LogP contribution in [0.3, 0.4) is 0 Å². The van der Waals surface area contributed by atoms with Gasteiger partial charge < -0.3 is 9.47 Å². The number of pyridine rings is 2. The Labute approximate surface area is 224 Å². The first-order valence-electron chi connectivity index (χ1n) is 11.9. The van der Waals surface area contributed by atoms with Crippen LogP contribution in [0.15, 0.2) is 65.5 Å². The van der Waals surface area contributed by atoms with E-state index in [2.05, 4.69) is 16.8 Å². The van der Waals surface area contributed by atoms with E-state index in [4.69, 9.17) is 23.2 Å². The molecule has 1 saturated heterocycles. The van der Waals surface area contributed by atoms with Crippen LogP contribution in [-0.4, -0.2) is 40.1 Å². The highest BCUT2D eigenvalue weighted by Crippen LogP contribution is 2.35. The number of halogens is 3. The lowest BCUT2D eigenvalue weighted by Crippen LogP contribution is -2.53. The molecule has 0 bridgehead atoms. The van der Waals surface area contributed by atoms with E-state index in [0.717, 1.165) is 11.1 Å². The quantitative estimate of drug-likeness (QED) is 0.342. The maximum absolute atomic E-state index is 15.5. The molecule has 0 spiro atoms. The van der Waals surface area contributed by atoms with Crippen molar-refractivity contribution in [1.82, 2.24) is 14.5 Å². The van der Waals surface area contributed by atoms with Crippen LogP contribution < -0.4 is 10.5 Å². The molecule has 1 aliphatic heterocycles. The summed E-state index contributed by atoms with van der Waals surface area (Å²) in [6.45, 7) is 3.63. The van der Waals surface area contributed by atoms with Gasteiger partial charge in [0.05, 0.1) is 11.6 Å². The summed E-state index contributed by atoms with van der Waals surface area (Å²) in [6.07, 6.45) is 0. The minimum Gasteiger partial charge on any atom is -0.364 e. The molecule has 9 heteroatoms. The van der Waals surface area contributed by atoms with Crippen molar-refractivity contribution in [2.45, 2.75) is 19.0 Å². The van der Waals surface area contributed by atoms with Gasteiger partial charge in [-0.15, -0.1) is 0 Å². The second kappa shape index (κ2) is 10.1. The zero-order valence-electron chi connectivity index (χ0n) is 20.3. The molecule has 0 aliphatic carbocycles. The van der Waals surface area contributed by atoms with Gasteiger partial charge in [-0.05, 0) is 54.4 Å². The molecule has 1 atom stereocenters. The van der Waals surface area contributed by atoms with Gasteiger partial charge in [0.25, 0.3) is 5.56 Å². The molecule has 5 rings (SSSR count). The molecule has 2 aromatic carbocycles. The van der Waals surface area contributed by atoms with Gasteiger partial charge in [0.1, 0.15) is 23.0 Å². The molecule has 188 valence electrons. The number of aryl methyl sites for hydroxylation is 1. The molecule has 1 aliphatic rings. The zero-order chi connectivity index (χ0) is 26.3. The van der Waals surface area contributed by atoms with E-state index in [0.29, 0.717) is 40.7 Å². The summed E-state index contributed by atoms with van der Waals surface area (Å²) in [7, 11) is 1.51. The lowest BCUT2D eigenvalue weighted by molar-refractivity contribution is 0.150. The summed E-state index contributed by atoms with van der Waals surface area (Å²) in [5.41, 5.74) is 2.56. The van der Waals surface area contributed by atoms with E-state index in [-0.39, 0.29) is 23.5 Å². The molecular weight excluding hydrogens is 512 g/mol. The van der Waals surface area contributed by atoms with E-state index < -0.39 is 11.4 Å². The van der Waals surface area contributed by atoms with Crippen molar-refractivity contribution in [3.8, 4) is 6.07 Å². The third kappa shape index (κ3) is 4.69. The third-order valence-corrected chi connectivity index (χ3v) is 7.48. The molecule has 4 aromatic rings. The van der Waals surface area contributed by atoms with E-state index in [1.165, 1.54) is 17.7 Å². The number of nitriles is 1. The molecule has 0 N–H and O–H groups in total. The van der Waals surface area contributed by atoms with Gasteiger partial charge in [-0.2, -0.15) is 9.65 Å². The van der Waals surface area contributed by atoms with E-state index in [1.807, 2.05) is 59.5 Å². The summed E-state index contributed by atoms with van der Waals surface area (Å²) in [5, 5.41) is 10.7. The second-order valence-electron chi connectivity index (χ2n) is 9.24. The van der Waals surface area contributed by atoms with Crippen molar-refractivity contribution < 1.29 is 4.39 Å². The zero-order valence-corrected chi connectivity index (χ0v) is 21.8. The lowest BCUT2D eigenvalue weighted by atomic mass is 9.94.